The number of ether oxygens (including phenoxy) is 2. The van der Waals surface area contributed by atoms with Gasteiger partial charge in [-0.25, -0.2) is 0 Å². The summed E-state index contributed by atoms with van der Waals surface area (Å²) < 4.78 is 11.0. The van der Waals surface area contributed by atoms with E-state index in [9.17, 15) is 0 Å². The van der Waals surface area contributed by atoms with Crippen LogP contribution in [0, 0.1) is 0 Å². The van der Waals surface area contributed by atoms with Crippen molar-refractivity contribution < 1.29 is 9.47 Å². The Kier molecular flexibility index (Phi) is 3.31. The molecule has 4 nitrogen and oxygen atoms in total. The van der Waals surface area contributed by atoms with Gasteiger partial charge in [-0.1, -0.05) is 6.07 Å². The molecule has 0 fully saturated rings. The third-order valence-electron chi connectivity index (χ3n) is 2.69. The topological polar surface area (TPSA) is 47.7 Å². The lowest BCUT2D eigenvalue weighted by atomic mass is 10.1. The average molecular weight is 222 g/mol. The number of nitrogens with two attached hydrogens (primary N) is 1. The van der Waals surface area contributed by atoms with Crippen LogP contribution in [0.2, 0.25) is 0 Å². The van der Waals surface area contributed by atoms with E-state index < -0.39 is 0 Å². The van der Waals surface area contributed by atoms with Crippen LogP contribution in [0.25, 0.3) is 0 Å². The van der Waals surface area contributed by atoms with E-state index in [1.807, 2.05) is 18.2 Å². The summed E-state index contributed by atoms with van der Waals surface area (Å²) in [4.78, 5) is 2.17. The Morgan fingerprint density at radius 3 is 3.06 bits per heavy atom. The summed E-state index contributed by atoms with van der Waals surface area (Å²) in [7, 11) is 1.70. The fourth-order valence-electron chi connectivity index (χ4n) is 1.98. The molecule has 2 rings (SSSR count). The van der Waals surface area contributed by atoms with Gasteiger partial charge < -0.3 is 20.1 Å². The van der Waals surface area contributed by atoms with Gasteiger partial charge in [0.1, 0.15) is 18.6 Å². The van der Waals surface area contributed by atoms with Crippen molar-refractivity contribution in [3.8, 4) is 5.75 Å². The Bertz CT molecular complexity index is 368. The van der Waals surface area contributed by atoms with Gasteiger partial charge in [0, 0.05) is 13.7 Å². The maximum absolute atomic E-state index is 5.80. The molecule has 0 amide bonds. The maximum atomic E-state index is 5.80. The van der Waals surface area contributed by atoms with Crippen LogP contribution in [-0.4, -0.2) is 26.5 Å². The minimum Gasteiger partial charge on any atom is -0.487 e. The molecule has 16 heavy (non-hydrogen) atoms. The van der Waals surface area contributed by atoms with Crippen molar-refractivity contribution in [2.45, 2.75) is 19.6 Å². The van der Waals surface area contributed by atoms with E-state index in [-0.39, 0.29) is 6.10 Å². The minimum atomic E-state index is 0.177. The van der Waals surface area contributed by atoms with E-state index >= 15 is 0 Å². The van der Waals surface area contributed by atoms with Crippen molar-refractivity contribution in [1.82, 2.24) is 0 Å². The molecule has 88 valence electrons. The third kappa shape index (κ3) is 2.13. The van der Waals surface area contributed by atoms with Gasteiger partial charge in [-0.3, -0.25) is 0 Å². The van der Waals surface area contributed by atoms with Gasteiger partial charge in [-0.15, -0.1) is 0 Å². The van der Waals surface area contributed by atoms with Crippen LogP contribution in [0.4, 0.5) is 5.69 Å². The quantitative estimate of drug-likeness (QED) is 0.838. The van der Waals surface area contributed by atoms with Crippen molar-refractivity contribution in [1.29, 1.82) is 0 Å². The first kappa shape index (κ1) is 11.2. The second-order valence-corrected chi connectivity index (χ2v) is 4.07. The van der Waals surface area contributed by atoms with Gasteiger partial charge in [0.2, 0.25) is 0 Å². The van der Waals surface area contributed by atoms with Crippen molar-refractivity contribution in [2.24, 2.45) is 5.73 Å². The molecule has 0 saturated heterocycles. The van der Waals surface area contributed by atoms with Crippen LogP contribution in [0.3, 0.4) is 0 Å². The van der Waals surface area contributed by atoms with Crippen molar-refractivity contribution in [2.75, 3.05) is 25.3 Å². The summed E-state index contributed by atoms with van der Waals surface area (Å²) in [6.45, 7) is 4.03. The summed E-state index contributed by atoms with van der Waals surface area (Å²) in [6.07, 6.45) is 0.177. The Labute approximate surface area is 95.9 Å². The molecule has 0 saturated carbocycles. The summed E-state index contributed by atoms with van der Waals surface area (Å²) in [6, 6.07) is 6.08. The lowest BCUT2D eigenvalue weighted by Gasteiger charge is -2.34. The van der Waals surface area contributed by atoms with E-state index in [0.29, 0.717) is 13.3 Å². The Hall–Kier alpha value is -1.26. The van der Waals surface area contributed by atoms with E-state index in [4.69, 9.17) is 15.2 Å². The zero-order chi connectivity index (χ0) is 11.5. The molecule has 1 unspecified atom stereocenters. The summed E-state index contributed by atoms with van der Waals surface area (Å²) in [5.74, 6) is 0.902. The third-order valence-corrected chi connectivity index (χ3v) is 2.69. The number of methoxy groups -OCH3 is 1. The SMILES string of the molecule is COCN1CC(C)Oc2cc(CN)ccc21. The zero-order valence-corrected chi connectivity index (χ0v) is 9.77. The molecular formula is C12H18N2O2. The molecule has 2 N–H and O–H groups in total. The summed E-state index contributed by atoms with van der Waals surface area (Å²) in [5, 5.41) is 0. The van der Waals surface area contributed by atoms with Crippen LogP contribution in [-0.2, 0) is 11.3 Å². The predicted molar refractivity (Wildman–Crippen MR) is 63.6 cm³/mol. The number of anilines is 1. The van der Waals surface area contributed by atoms with Crippen LogP contribution in [0.15, 0.2) is 18.2 Å². The van der Waals surface area contributed by atoms with Gasteiger partial charge in [0.25, 0.3) is 0 Å². The molecule has 0 aliphatic carbocycles. The number of rotatable bonds is 3. The second-order valence-electron chi connectivity index (χ2n) is 4.07. The van der Waals surface area contributed by atoms with Crippen LogP contribution >= 0.6 is 0 Å². The van der Waals surface area contributed by atoms with Gasteiger partial charge in [-0.05, 0) is 24.6 Å². The highest BCUT2D eigenvalue weighted by molar-refractivity contribution is 5.61. The standard InChI is InChI=1S/C12H18N2O2/c1-9-7-14(8-15-2)11-4-3-10(6-13)5-12(11)16-9/h3-5,9H,6-8,13H2,1-2H3. The number of fused-ring (bicyclic) bond motifs is 1. The highest BCUT2D eigenvalue weighted by Gasteiger charge is 2.22. The Morgan fingerprint density at radius 1 is 1.56 bits per heavy atom. The van der Waals surface area contributed by atoms with Gasteiger partial charge in [-0.2, -0.15) is 0 Å². The Morgan fingerprint density at radius 2 is 2.38 bits per heavy atom. The van der Waals surface area contributed by atoms with Crippen molar-refractivity contribution in [3.63, 3.8) is 0 Å². The number of benzene rings is 1. The highest BCUT2D eigenvalue weighted by Crippen LogP contribution is 2.33. The van der Waals surface area contributed by atoms with E-state index in [1.54, 1.807) is 7.11 Å². The van der Waals surface area contributed by atoms with Crippen molar-refractivity contribution >= 4 is 5.69 Å². The van der Waals surface area contributed by atoms with Gasteiger partial charge in [0.15, 0.2) is 0 Å². The first-order chi connectivity index (χ1) is 7.74. The van der Waals surface area contributed by atoms with Gasteiger partial charge in [0.05, 0.1) is 12.2 Å². The molecule has 0 aromatic heterocycles. The molecule has 0 spiro atoms. The fourth-order valence-corrected chi connectivity index (χ4v) is 1.98. The van der Waals surface area contributed by atoms with Crippen LogP contribution in [0.1, 0.15) is 12.5 Å². The van der Waals surface area contributed by atoms with E-state index in [1.165, 1.54) is 0 Å². The van der Waals surface area contributed by atoms with E-state index in [0.717, 1.165) is 23.5 Å². The number of hydrogen-bond donors (Lipinski definition) is 1. The smallest absolute Gasteiger partial charge is 0.143 e. The van der Waals surface area contributed by atoms with Gasteiger partial charge >= 0.3 is 0 Å². The molecular weight excluding hydrogens is 204 g/mol. The molecule has 1 atom stereocenters. The second kappa shape index (κ2) is 4.72. The highest BCUT2D eigenvalue weighted by atomic mass is 16.5. The number of hydrogen-bond acceptors (Lipinski definition) is 4. The van der Waals surface area contributed by atoms with E-state index in [2.05, 4.69) is 11.8 Å². The fraction of sp³-hybridized carbons (Fsp3) is 0.500. The van der Waals surface area contributed by atoms with Crippen LogP contribution < -0.4 is 15.4 Å². The minimum absolute atomic E-state index is 0.177. The summed E-state index contributed by atoms with van der Waals surface area (Å²) in [5.41, 5.74) is 7.79. The van der Waals surface area contributed by atoms with Crippen LogP contribution in [0.5, 0.6) is 5.75 Å². The molecule has 1 aromatic carbocycles. The summed E-state index contributed by atoms with van der Waals surface area (Å²) >= 11 is 0. The zero-order valence-electron chi connectivity index (χ0n) is 9.77. The first-order valence-electron chi connectivity index (χ1n) is 5.48. The average Bonchev–Trinajstić information content (AvgIpc) is 2.28. The normalized spacial score (nSPS) is 19.2. The molecule has 1 heterocycles. The Balaban J connectivity index is 2.31. The first-order valence-corrected chi connectivity index (χ1v) is 5.48. The molecule has 4 heteroatoms. The largest absolute Gasteiger partial charge is 0.487 e. The lowest BCUT2D eigenvalue weighted by Crippen LogP contribution is -2.39. The maximum Gasteiger partial charge on any atom is 0.143 e. The molecule has 0 bridgehead atoms. The monoisotopic (exact) mass is 222 g/mol. The predicted octanol–water partition coefficient (Wildman–Crippen LogP) is 1.34. The van der Waals surface area contributed by atoms with Crippen molar-refractivity contribution in [3.05, 3.63) is 23.8 Å². The number of nitrogens with zero attached hydrogens (tertiary/aromatic N) is 1. The molecule has 1 aromatic rings. The molecule has 0 radical (unpaired) electrons. The lowest BCUT2D eigenvalue weighted by molar-refractivity contribution is 0.160. The molecule has 1 aliphatic rings. The molecule has 1 aliphatic heterocycles.